The molecule has 2 N–H and O–H groups in total. The summed E-state index contributed by atoms with van der Waals surface area (Å²) in [5.41, 5.74) is 3.32. The Bertz CT molecular complexity index is 1190. The first kappa shape index (κ1) is 14.6. The van der Waals surface area contributed by atoms with Crippen molar-refractivity contribution in [2.75, 3.05) is 0 Å². The third-order valence-corrected chi connectivity index (χ3v) is 4.18. The van der Waals surface area contributed by atoms with Crippen LogP contribution in [0.15, 0.2) is 65.3 Å². The minimum atomic E-state index is -0.277. The molecule has 3 heterocycles. The molecule has 3 aromatic heterocycles. The molecule has 0 spiro atoms. The maximum Gasteiger partial charge on any atom is 0.192 e. The van der Waals surface area contributed by atoms with Gasteiger partial charge in [0.25, 0.3) is 0 Å². The van der Waals surface area contributed by atoms with Crippen LogP contribution in [-0.2, 0) is 0 Å². The van der Waals surface area contributed by atoms with E-state index >= 15 is 0 Å². The number of benzene rings is 2. The Morgan fingerprint density at radius 3 is 2.54 bits per heavy atom. The number of hydrogen-bond acceptors (Lipinski definition) is 4. The van der Waals surface area contributed by atoms with E-state index in [2.05, 4.69) is 25.4 Å². The van der Waals surface area contributed by atoms with E-state index in [-0.39, 0.29) is 5.82 Å². The number of hydrogen-bond donors (Lipinski definition) is 2. The molecule has 0 saturated heterocycles. The van der Waals surface area contributed by atoms with Gasteiger partial charge in [0, 0.05) is 16.5 Å². The molecule has 0 radical (unpaired) electrons. The van der Waals surface area contributed by atoms with E-state index in [1.54, 1.807) is 24.5 Å². The fourth-order valence-corrected chi connectivity index (χ4v) is 2.90. The molecular formula is C19H12FN5O. The highest BCUT2D eigenvalue weighted by molar-refractivity contribution is 5.95. The van der Waals surface area contributed by atoms with Crippen LogP contribution in [0.5, 0.6) is 0 Å². The van der Waals surface area contributed by atoms with E-state index in [1.165, 1.54) is 12.1 Å². The van der Waals surface area contributed by atoms with Crippen molar-refractivity contribution in [2.45, 2.75) is 0 Å². The smallest absolute Gasteiger partial charge is 0.192 e. The quantitative estimate of drug-likeness (QED) is 0.507. The van der Waals surface area contributed by atoms with Gasteiger partial charge in [0.2, 0.25) is 0 Å². The summed E-state index contributed by atoms with van der Waals surface area (Å²) in [7, 11) is 0. The molecule has 7 heteroatoms. The van der Waals surface area contributed by atoms with Gasteiger partial charge in [-0.1, -0.05) is 0 Å². The van der Waals surface area contributed by atoms with E-state index in [9.17, 15) is 4.39 Å². The van der Waals surface area contributed by atoms with Gasteiger partial charge in [0.05, 0.1) is 17.5 Å². The third-order valence-electron chi connectivity index (χ3n) is 4.18. The average molecular weight is 345 g/mol. The summed E-state index contributed by atoms with van der Waals surface area (Å²) in [5, 5.41) is 15.4. The van der Waals surface area contributed by atoms with Gasteiger partial charge in [-0.25, -0.2) is 9.37 Å². The van der Waals surface area contributed by atoms with Crippen LogP contribution in [0.25, 0.3) is 45.1 Å². The summed E-state index contributed by atoms with van der Waals surface area (Å²) in [6.07, 6.45) is 1.59. The Balaban J connectivity index is 1.59. The third kappa shape index (κ3) is 2.37. The van der Waals surface area contributed by atoms with Gasteiger partial charge in [0.1, 0.15) is 5.82 Å². The Labute approximate surface area is 146 Å². The van der Waals surface area contributed by atoms with Crippen molar-refractivity contribution in [3.8, 4) is 34.2 Å². The molecule has 0 fully saturated rings. The molecule has 6 nitrogen and oxygen atoms in total. The molecule has 0 aliphatic heterocycles. The summed E-state index contributed by atoms with van der Waals surface area (Å²) < 4.78 is 18.5. The van der Waals surface area contributed by atoms with Crippen LogP contribution in [0.3, 0.4) is 0 Å². The number of aromatic nitrogens is 5. The van der Waals surface area contributed by atoms with Gasteiger partial charge in [0.15, 0.2) is 17.4 Å². The number of nitrogens with zero attached hydrogens (tertiary/aromatic N) is 3. The van der Waals surface area contributed by atoms with Crippen LogP contribution < -0.4 is 0 Å². The zero-order valence-corrected chi connectivity index (χ0v) is 13.4. The van der Waals surface area contributed by atoms with Crippen molar-refractivity contribution in [1.82, 2.24) is 25.4 Å². The largest absolute Gasteiger partial charge is 0.461 e. The van der Waals surface area contributed by atoms with Crippen molar-refractivity contribution >= 4 is 10.9 Å². The van der Waals surface area contributed by atoms with Crippen LogP contribution >= 0.6 is 0 Å². The summed E-state index contributed by atoms with van der Waals surface area (Å²) >= 11 is 0. The Morgan fingerprint density at radius 1 is 0.885 bits per heavy atom. The van der Waals surface area contributed by atoms with Crippen molar-refractivity contribution in [1.29, 1.82) is 0 Å². The van der Waals surface area contributed by atoms with Crippen LogP contribution in [0.1, 0.15) is 0 Å². The first-order valence-corrected chi connectivity index (χ1v) is 7.99. The molecule has 126 valence electrons. The van der Waals surface area contributed by atoms with Gasteiger partial charge in [-0.3, -0.25) is 10.2 Å². The molecule has 0 amide bonds. The predicted molar refractivity (Wildman–Crippen MR) is 94.6 cm³/mol. The molecule has 5 aromatic rings. The first-order chi connectivity index (χ1) is 12.8. The van der Waals surface area contributed by atoms with Gasteiger partial charge in [-0.2, -0.15) is 10.2 Å². The summed E-state index contributed by atoms with van der Waals surface area (Å²) in [6.45, 7) is 0. The van der Waals surface area contributed by atoms with E-state index in [4.69, 9.17) is 4.42 Å². The second-order valence-electron chi connectivity index (χ2n) is 5.82. The second kappa shape index (κ2) is 5.66. The van der Waals surface area contributed by atoms with Crippen LogP contribution in [-0.4, -0.2) is 25.4 Å². The van der Waals surface area contributed by atoms with Crippen LogP contribution in [0.4, 0.5) is 4.39 Å². The van der Waals surface area contributed by atoms with Gasteiger partial charge in [-0.15, -0.1) is 0 Å². The lowest BCUT2D eigenvalue weighted by molar-refractivity contribution is 0.577. The predicted octanol–water partition coefficient (Wildman–Crippen LogP) is 4.41. The number of halogens is 1. The number of H-pyrrole nitrogens is 2. The fraction of sp³-hybridized carbons (Fsp3) is 0. The molecule has 2 aromatic carbocycles. The highest BCUT2D eigenvalue weighted by Gasteiger charge is 2.13. The highest BCUT2D eigenvalue weighted by Crippen LogP contribution is 2.30. The van der Waals surface area contributed by atoms with E-state index in [0.29, 0.717) is 17.4 Å². The van der Waals surface area contributed by atoms with Crippen LogP contribution in [0, 0.1) is 5.82 Å². The maximum absolute atomic E-state index is 13.2. The normalized spacial score (nSPS) is 11.3. The molecule has 0 bridgehead atoms. The average Bonchev–Trinajstić information content (AvgIpc) is 3.41. The number of rotatable bonds is 3. The van der Waals surface area contributed by atoms with Gasteiger partial charge in [-0.05, 0) is 54.6 Å². The van der Waals surface area contributed by atoms with Crippen molar-refractivity contribution < 1.29 is 8.81 Å². The molecule has 0 saturated carbocycles. The van der Waals surface area contributed by atoms with Gasteiger partial charge >= 0.3 is 0 Å². The SMILES string of the molecule is Fc1ccc(-c2n[nH]c3ccc(-c4n[nH]c(-c5ccco5)n4)cc23)cc1. The summed E-state index contributed by atoms with van der Waals surface area (Å²) in [6, 6.07) is 15.7. The lowest BCUT2D eigenvalue weighted by atomic mass is 10.1. The lowest BCUT2D eigenvalue weighted by Crippen LogP contribution is -1.83. The lowest BCUT2D eigenvalue weighted by Gasteiger charge is -2.00. The van der Waals surface area contributed by atoms with Gasteiger partial charge < -0.3 is 4.42 Å². The number of aromatic amines is 2. The van der Waals surface area contributed by atoms with Crippen molar-refractivity contribution in [2.24, 2.45) is 0 Å². The minimum absolute atomic E-state index is 0.277. The monoisotopic (exact) mass is 345 g/mol. The van der Waals surface area contributed by atoms with E-state index < -0.39 is 0 Å². The number of nitrogens with one attached hydrogen (secondary N) is 2. The highest BCUT2D eigenvalue weighted by atomic mass is 19.1. The summed E-state index contributed by atoms with van der Waals surface area (Å²) in [4.78, 5) is 4.49. The maximum atomic E-state index is 13.2. The number of fused-ring (bicyclic) bond motifs is 1. The molecule has 0 aliphatic rings. The molecule has 0 aliphatic carbocycles. The molecule has 26 heavy (non-hydrogen) atoms. The molecule has 5 rings (SSSR count). The Morgan fingerprint density at radius 2 is 1.73 bits per heavy atom. The fourth-order valence-electron chi connectivity index (χ4n) is 2.90. The zero-order valence-electron chi connectivity index (χ0n) is 13.4. The molecule has 0 unspecified atom stereocenters. The van der Waals surface area contributed by atoms with E-state index in [1.807, 2.05) is 24.3 Å². The van der Waals surface area contributed by atoms with Crippen molar-refractivity contribution in [3.63, 3.8) is 0 Å². The van der Waals surface area contributed by atoms with Crippen LogP contribution in [0.2, 0.25) is 0 Å². The number of furan rings is 1. The van der Waals surface area contributed by atoms with Crippen molar-refractivity contribution in [3.05, 3.63) is 66.7 Å². The second-order valence-corrected chi connectivity index (χ2v) is 5.82. The Hall–Kier alpha value is -3.74. The minimum Gasteiger partial charge on any atom is -0.461 e. The summed E-state index contributed by atoms with van der Waals surface area (Å²) in [5.74, 6) is 1.47. The standard InChI is InChI=1S/C19H12FN5O/c20-13-6-3-11(4-7-13)17-14-10-12(5-8-15(14)22-23-17)18-21-19(25-24-18)16-2-1-9-26-16/h1-10H,(H,22,23)(H,21,24,25). The Kier molecular flexibility index (Phi) is 3.18. The van der Waals surface area contributed by atoms with E-state index in [0.717, 1.165) is 27.7 Å². The molecule has 0 atom stereocenters. The molecular weight excluding hydrogens is 333 g/mol. The first-order valence-electron chi connectivity index (χ1n) is 7.99. The topological polar surface area (TPSA) is 83.4 Å². The zero-order chi connectivity index (χ0) is 17.5.